The van der Waals surface area contributed by atoms with Crippen LogP contribution in [0.25, 0.3) is 72.0 Å². The van der Waals surface area contributed by atoms with Crippen molar-refractivity contribution in [2.24, 2.45) is 0 Å². The number of para-hydroxylation sites is 1. The molecular weight excluding hydrogens is 795 g/mol. The van der Waals surface area contributed by atoms with Crippen LogP contribution in [0.5, 0.6) is 0 Å². The molecule has 3 aliphatic carbocycles. The summed E-state index contributed by atoms with van der Waals surface area (Å²) >= 11 is 0. The first-order valence-electron chi connectivity index (χ1n) is 23.2. The maximum atomic E-state index is 2.45. The van der Waals surface area contributed by atoms with Crippen molar-refractivity contribution < 1.29 is 0 Å². The van der Waals surface area contributed by atoms with Gasteiger partial charge in [-0.1, -0.05) is 218 Å². The van der Waals surface area contributed by atoms with E-state index in [0.29, 0.717) is 0 Å². The minimum atomic E-state index is -0.334. The molecule has 0 fully saturated rings. The van der Waals surface area contributed by atoms with Crippen LogP contribution in [-0.2, 0) is 5.41 Å². The van der Waals surface area contributed by atoms with E-state index >= 15 is 0 Å². The van der Waals surface area contributed by atoms with E-state index in [-0.39, 0.29) is 5.41 Å². The Hall–Kier alpha value is -8.26. The number of allylic oxidation sites excluding steroid dienone is 4. The summed E-state index contributed by atoms with van der Waals surface area (Å²) in [4.78, 5) is 2.45. The third-order valence-electron chi connectivity index (χ3n) is 14.4. The molecule has 10 aromatic carbocycles. The van der Waals surface area contributed by atoms with Crippen molar-refractivity contribution in [2.45, 2.75) is 18.3 Å². The molecule has 310 valence electrons. The summed E-state index contributed by atoms with van der Waals surface area (Å²) in [5.41, 5.74) is 23.9. The molecular formula is C65H45N. The van der Waals surface area contributed by atoms with Gasteiger partial charge in [0.05, 0.1) is 11.1 Å². The SMILES string of the molecule is C1=CC2=C(CC1)c1c(-c3ccc(N(c4cccc(-c5ccc6ccccc6c5-c5ccccc5)c4)c4ccccc4-c4ccccc4)cc3)cccc1C21c2ccccc2-c2ccccc21. The van der Waals surface area contributed by atoms with Crippen molar-refractivity contribution in [1.82, 2.24) is 0 Å². The minimum absolute atomic E-state index is 0.334. The smallest absolute Gasteiger partial charge is 0.0722 e. The van der Waals surface area contributed by atoms with E-state index in [1.165, 1.54) is 99.8 Å². The summed E-state index contributed by atoms with van der Waals surface area (Å²) < 4.78 is 0. The number of nitrogens with zero attached hydrogens (tertiary/aromatic N) is 1. The molecule has 0 aliphatic heterocycles. The quantitative estimate of drug-likeness (QED) is 0.155. The second-order valence-electron chi connectivity index (χ2n) is 17.8. The third-order valence-corrected chi connectivity index (χ3v) is 14.4. The van der Waals surface area contributed by atoms with Gasteiger partial charge in [-0.25, -0.2) is 0 Å². The summed E-state index contributed by atoms with van der Waals surface area (Å²) in [5.74, 6) is 0. The van der Waals surface area contributed by atoms with E-state index in [9.17, 15) is 0 Å². The van der Waals surface area contributed by atoms with Crippen molar-refractivity contribution in [3.63, 3.8) is 0 Å². The van der Waals surface area contributed by atoms with E-state index in [4.69, 9.17) is 0 Å². The summed E-state index contributed by atoms with van der Waals surface area (Å²) in [7, 11) is 0. The number of rotatable bonds is 7. The molecule has 0 N–H and O–H groups in total. The largest absolute Gasteiger partial charge is 0.310 e. The monoisotopic (exact) mass is 839 g/mol. The Bertz CT molecular complexity index is 3530. The molecule has 1 nitrogen and oxygen atoms in total. The number of hydrogen-bond acceptors (Lipinski definition) is 1. The molecule has 0 atom stereocenters. The van der Waals surface area contributed by atoms with Gasteiger partial charge in [-0.15, -0.1) is 0 Å². The fraction of sp³-hybridized carbons (Fsp3) is 0.0462. The number of anilines is 3. The van der Waals surface area contributed by atoms with Gasteiger partial charge in [-0.2, -0.15) is 0 Å². The highest BCUT2D eigenvalue weighted by atomic mass is 15.1. The van der Waals surface area contributed by atoms with E-state index in [1.807, 2.05) is 0 Å². The molecule has 0 radical (unpaired) electrons. The predicted molar refractivity (Wildman–Crippen MR) is 277 cm³/mol. The van der Waals surface area contributed by atoms with E-state index in [1.54, 1.807) is 0 Å². The highest BCUT2D eigenvalue weighted by Gasteiger charge is 2.52. The molecule has 10 aromatic rings. The van der Waals surface area contributed by atoms with Crippen LogP contribution in [0.1, 0.15) is 35.1 Å². The first-order chi connectivity index (χ1) is 32.8. The van der Waals surface area contributed by atoms with Crippen LogP contribution in [0, 0.1) is 0 Å². The van der Waals surface area contributed by atoms with Gasteiger partial charge in [0.2, 0.25) is 0 Å². The van der Waals surface area contributed by atoms with Crippen molar-refractivity contribution in [2.75, 3.05) is 4.90 Å². The average Bonchev–Trinajstić information content (AvgIpc) is 3.87. The second-order valence-corrected chi connectivity index (χ2v) is 17.8. The maximum Gasteiger partial charge on any atom is 0.0722 e. The average molecular weight is 840 g/mol. The van der Waals surface area contributed by atoms with Gasteiger partial charge in [0.15, 0.2) is 0 Å². The van der Waals surface area contributed by atoms with Crippen LogP contribution in [-0.4, -0.2) is 0 Å². The van der Waals surface area contributed by atoms with Crippen LogP contribution in [0.2, 0.25) is 0 Å². The Morgan fingerprint density at radius 2 is 0.939 bits per heavy atom. The predicted octanol–water partition coefficient (Wildman–Crippen LogP) is 17.4. The molecule has 3 aliphatic rings. The van der Waals surface area contributed by atoms with Gasteiger partial charge in [0, 0.05) is 16.9 Å². The van der Waals surface area contributed by atoms with Gasteiger partial charge in [0.25, 0.3) is 0 Å². The molecule has 0 saturated carbocycles. The molecule has 1 spiro atoms. The van der Waals surface area contributed by atoms with Crippen LogP contribution in [0.4, 0.5) is 17.1 Å². The maximum absolute atomic E-state index is 2.45. The normalized spacial score (nSPS) is 13.9. The Balaban J connectivity index is 0.979. The molecule has 0 heterocycles. The lowest BCUT2D eigenvalue weighted by atomic mass is 9.69. The zero-order valence-corrected chi connectivity index (χ0v) is 36.5. The zero-order chi connectivity index (χ0) is 43.6. The first kappa shape index (κ1) is 38.2. The molecule has 66 heavy (non-hydrogen) atoms. The lowest BCUT2D eigenvalue weighted by Gasteiger charge is -2.32. The van der Waals surface area contributed by atoms with E-state index in [2.05, 4.69) is 254 Å². The van der Waals surface area contributed by atoms with Crippen molar-refractivity contribution in [1.29, 1.82) is 0 Å². The molecule has 1 heteroatoms. The fourth-order valence-corrected chi connectivity index (χ4v) is 11.7. The molecule has 0 aromatic heterocycles. The summed E-state index contributed by atoms with van der Waals surface area (Å²) in [6, 6.07) is 87.5. The highest BCUT2D eigenvalue weighted by molar-refractivity contribution is 6.05. The van der Waals surface area contributed by atoms with E-state index < -0.39 is 0 Å². The number of fused-ring (bicyclic) bond motifs is 10. The third kappa shape index (κ3) is 5.80. The minimum Gasteiger partial charge on any atom is -0.310 e. The van der Waals surface area contributed by atoms with Gasteiger partial charge < -0.3 is 4.90 Å². The summed E-state index contributed by atoms with van der Waals surface area (Å²) in [6.07, 6.45) is 6.92. The van der Waals surface area contributed by atoms with Crippen LogP contribution in [0.3, 0.4) is 0 Å². The molecule has 0 unspecified atom stereocenters. The Morgan fingerprint density at radius 3 is 1.71 bits per heavy atom. The lowest BCUT2D eigenvalue weighted by Crippen LogP contribution is -2.27. The zero-order valence-electron chi connectivity index (χ0n) is 36.5. The lowest BCUT2D eigenvalue weighted by molar-refractivity contribution is 0.780. The second kappa shape index (κ2) is 15.5. The van der Waals surface area contributed by atoms with Crippen molar-refractivity contribution in [3.8, 4) is 55.6 Å². The summed E-state index contributed by atoms with van der Waals surface area (Å²) in [6.45, 7) is 0. The Morgan fingerprint density at radius 1 is 0.364 bits per heavy atom. The Kier molecular flexibility index (Phi) is 8.96. The van der Waals surface area contributed by atoms with Gasteiger partial charge in [0.1, 0.15) is 0 Å². The Labute approximate surface area is 386 Å². The van der Waals surface area contributed by atoms with Crippen molar-refractivity contribution >= 4 is 33.4 Å². The molecule has 13 rings (SSSR count). The molecule has 0 amide bonds. The van der Waals surface area contributed by atoms with Crippen LogP contribution >= 0.6 is 0 Å². The van der Waals surface area contributed by atoms with E-state index in [0.717, 1.165) is 29.9 Å². The van der Waals surface area contributed by atoms with Crippen LogP contribution in [0.15, 0.2) is 254 Å². The van der Waals surface area contributed by atoms with Gasteiger partial charge >= 0.3 is 0 Å². The van der Waals surface area contributed by atoms with Gasteiger partial charge in [-0.3, -0.25) is 0 Å². The van der Waals surface area contributed by atoms with Crippen molar-refractivity contribution in [3.05, 3.63) is 277 Å². The standard InChI is InChI=1S/C65H45N/c1-3-19-44(20-4-1)51-26-12-16-36-62(51)66(50-25-17-24-48(43-50)54-42-39-45-21-7-8-27-52(45)63(54)47-22-5-2-6-23-47)49-40-37-46(38-41-49)53-31-18-35-61-64(53)57-30-11-15-34-60(57)65(61)58-32-13-9-28-55(58)56-29-10-14-33-59(56)65/h1-10,12-29,31-43H,11,30H2. The fourth-order valence-electron chi connectivity index (χ4n) is 11.7. The first-order valence-corrected chi connectivity index (χ1v) is 23.2. The number of benzene rings is 10. The molecule has 0 bridgehead atoms. The number of hydrogen-bond donors (Lipinski definition) is 0. The van der Waals surface area contributed by atoms with Gasteiger partial charge in [-0.05, 0) is 137 Å². The highest BCUT2D eigenvalue weighted by Crippen LogP contribution is 2.64. The topological polar surface area (TPSA) is 3.24 Å². The summed E-state index contributed by atoms with van der Waals surface area (Å²) in [5, 5.41) is 2.49. The van der Waals surface area contributed by atoms with Crippen LogP contribution < -0.4 is 4.90 Å². The molecule has 0 saturated heterocycles.